The highest BCUT2D eigenvalue weighted by Crippen LogP contribution is 2.16. The minimum atomic E-state index is -0.375. The van der Waals surface area contributed by atoms with Crippen molar-refractivity contribution in [3.8, 4) is 17.9 Å². The molecule has 2 rings (SSSR count). The van der Waals surface area contributed by atoms with E-state index < -0.39 is 0 Å². The Balaban J connectivity index is 2.34. The molecular formula is C15H14N4O2. The zero-order valence-corrected chi connectivity index (χ0v) is 11.6. The van der Waals surface area contributed by atoms with Crippen molar-refractivity contribution in [3.63, 3.8) is 0 Å². The molecule has 6 nitrogen and oxygen atoms in total. The maximum absolute atomic E-state index is 12.4. The Morgan fingerprint density at radius 1 is 1.43 bits per heavy atom. The summed E-state index contributed by atoms with van der Waals surface area (Å²) in [6.07, 6.45) is 2.17. The van der Waals surface area contributed by atoms with Crippen molar-refractivity contribution < 1.29 is 4.74 Å². The number of fused-ring (bicyclic) bond motifs is 1. The van der Waals surface area contributed by atoms with E-state index in [4.69, 9.17) is 15.3 Å². The molecule has 0 fully saturated rings. The van der Waals surface area contributed by atoms with Gasteiger partial charge in [-0.1, -0.05) is 0 Å². The number of hydrogen-bond donors (Lipinski definition) is 0. The molecule has 1 heterocycles. The van der Waals surface area contributed by atoms with E-state index in [2.05, 4.69) is 11.1 Å². The average molecular weight is 282 g/mol. The number of rotatable bonds is 5. The van der Waals surface area contributed by atoms with Gasteiger partial charge in [0.1, 0.15) is 5.75 Å². The fraction of sp³-hybridized carbons (Fsp3) is 0.333. The SMILES string of the molecule is COc1ccc2c(=O)n(C[C@H](C#N)CCC#N)cnc2c1. The summed E-state index contributed by atoms with van der Waals surface area (Å²) < 4.78 is 6.51. The van der Waals surface area contributed by atoms with Crippen molar-refractivity contribution >= 4 is 10.9 Å². The van der Waals surface area contributed by atoms with Crippen LogP contribution in [0.5, 0.6) is 5.75 Å². The molecule has 1 atom stereocenters. The van der Waals surface area contributed by atoms with E-state index in [-0.39, 0.29) is 18.0 Å². The van der Waals surface area contributed by atoms with Crippen LogP contribution >= 0.6 is 0 Å². The van der Waals surface area contributed by atoms with Crippen LogP contribution < -0.4 is 10.3 Å². The lowest BCUT2D eigenvalue weighted by Gasteiger charge is -2.10. The predicted molar refractivity (Wildman–Crippen MR) is 76.5 cm³/mol. The van der Waals surface area contributed by atoms with E-state index in [1.165, 1.54) is 10.9 Å². The van der Waals surface area contributed by atoms with Gasteiger partial charge in [0.05, 0.1) is 42.4 Å². The Bertz CT molecular complexity index is 783. The molecule has 0 unspecified atom stereocenters. The number of methoxy groups -OCH3 is 1. The van der Waals surface area contributed by atoms with Crippen molar-refractivity contribution in [2.45, 2.75) is 19.4 Å². The lowest BCUT2D eigenvalue weighted by molar-refractivity contribution is 0.415. The first-order valence-electron chi connectivity index (χ1n) is 6.49. The Hall–Kier alpha value is -2.86. The van der Waals surface area contributed by atoms with E-state index in [0.717, 1.165) is 0 Å². The zero-order chi connectivity index (χ0) is 15.2. The quantitative estimate of drug-likeness (QED) is 0.834. The third kappa shape index (κ3) is 3.18. The maximum atomic E-state index is 12.4. The standard InChI is InChI=1S/C15H14N4O2/c1-21-12-4-5-13-14(7-12)18-10-19(15(13)20)9-11(8-17)3-2-6-16/h4-5,7,10-11H,2-3,9H2,1H3/t11-/m0/s1. The third-order valence-corrected chi connectivity index (χ3v) is 3.24. The monoisotopic (exact) mass is 282 g/mol. The van der Waals surface area contributed by atoms with Crippen LogP contribution in [0.1, 0.15) is 12.8 Å². The Morgan fingerprint density at radius 3 is 2.90 bits per heavy atom. The van der Waals surface area contributed by atoms with Crippen LogP contribution in [-0.2, 0) is 6.54 Å². The number of aromatic nitrogens is 2. The molecule has 0 spiro atoms. The lowest BCUT2D eigenvalue weighted by Crippen LogP contribution is -2.24. The Labute approximate surface area is 121 Å². The molecule has 0 aliphatic rings. The molecule has 0 aliphatic carbocycles. The van der Waals surface area contributed by atoms with Gasteiger partial charge in [0.25, 0.3) is 5.56 Å². The first-order chi connectivity index (χ1) is 10.2. The molecule has 0 N–H and O–H groups in total. The molecule has 0 saturated carbocycles. The molecule has 0 bridgehead atoms. The zero-order valence-electron chi connectivity index (χ0n) is 11.6. The molecule has 1 aromatic heterocycles. The summed E-state index contributed by atoms with van der Waals surface area (Å²) in [6.45, 7) is 0.242. The van der Waals surface area contributed by atoms with E-state index in [0.29, 0.717) is 29.5 Å². The molecule has 21 heavy (non-hydrogen) atoms. The summed E-state index contributed by atoms with van der Waals surface area (Å²) in [6, 6.07) is 9.19. The predicted octanol–water partition coefficient (Wildman–Crippen LogP) is 1.85. The number of hydrogen-bond acceptors (Lipinski definition) is 5. The van der Waals surface area contributed by atoms with E-state index >= 15 is 0 Å². The van der Waals surface area contributed by atoms with Crippen molar-refractivity contribution in [3.05, 3.63) is 34.9 Å². The molecule has 0 radical (unpaired) electrons. The van der Waals surface area contributed by atoms with Gasteiger partial charge in [0, 0.05) is 19.0 Å². The minimum absolute atomic E-state index is 0.195. The third-order valence-electron chi connectivity index (χ3n) is 3.24. The summed E-state index contributed by atoms with van der Waals surface area (Å²) in [7, 11) is 1.55. The average Bonchev–Trinajstić information content (AvgIpc) is 2.53. The maximum Gasteiger partial charge on any atom is 0.261 e. The number of nitrogens with zero attached hydrogens (tertiary/aromatic N) is 4. The topological polar surface area (TPSA) is 91.7 Å². The summed E-state index contributed by atoms with van der Waals surface area (Å²) >= 11 is 0. The summed E-state index contributed by atoms with van der Waals surface area (Å²) in [4.78, 5) is 16.6. The fourth-order valence-electron chi connectivity index (χ4n) is 2.07. The van der Waals surface area contributed by atoms with Gasteiger partial charge in [-0.15, -0.1) is 0 Å². The molecule has 1 aromatic carbocycles. The number of benzene rings is 1. The second kappa shape index (κ2) is 6.53. The first-order valence-corrected chi connectivity index (χ1v) is 6.49. The van der Waals surface area contributed by atoms with E-state index in [9.17, 15) is 4.79 Å². The summed E-state index contributed by atoms with van der Waals surface area (Å²) in [5.74, 6) is 0.260. The van der Waals surface area contributed by atoms with Gasteiger partial charge in [0.15, 0.2) is 0 Å². The fourth-order valence-corrected chi connectivity index (χ4v) is 2.07. The Morgan fingerprint density at radius 2 is 2.24 bits per heavy atom. The molecule has 0 aliphatic heterocycles. The summed E-state index contributed by atoms with van der Waals surface area (Å²) in [5.41, 5.74) is 0.362. The van der Waals surface area contributed by atoms with Crippen LogP contribution in [0.4, 0.5) is 0 Å². The minimum Gasteiger partial charge on any atom is -0.497 e. The highest BCUT2D eigenvalue weighted by molar-refractivity contribution is 5.78. The van der Waals surface area contributed by atoms with Crippen molar-refractivity contribution in [1.82, 2.24) is 9.55 Å². The first kappa shape index (κ1) is 14.5. The normalized spacial score (nSPS) is 11.6. The van der Waals surface area contributed by atoms with Gasteiger partial charge < -0.3 is 4.74 Å². The van der Waals surface area contributed by atoms with Crippen LogP contribution in [0, 0.1) is 28.6 Å². The number of nitriles is 2. The van der Waals surface area contributed by atoms with Crippen LogP contribution in [0.15, 0.2) is 29.3 Å². The van der Waals surface area contributed by atoms with Crippen LogP contribution in [0.3, 0.4) is 0 Å². The largest absolute Gasteiger partial charge is 0.497 e. The van der Waals surface area contributed by atoms with Crippen LogP contribution in [0.2, 0.25) is 0 Å². The van der Waals surface area contributed by atoms with Gasteiger partial charge in [-0.2, -0.15) is 10.5 Å². The molecule has 0 saturated heterocycles. The van der Waals surface area contributed by atoms with Crippen molar-refractivity contribution in [2.24, 2.45) is 5.92 Å². The highest BCUT2D eigenvalue weighted by Gasteiger charge is 2.11. The van der Waals surface area contributed by atoms with E-state index in [1.54, 1.807) is 25.3 Å². The summed E-state index contributed by atoms with van der Waals surface area (Å²) in [5, 5.41) is 18.1. The van der Waals surface area contributed by atoms with Crippen LogP contribution in [-0.4, -0.2) is 16.7 Å². The van der Waals surface area contributed by atoms with Gasteiger partial charge in [0.2, 0.25) is 0 Å². The van der Waals surface area contributed by atoms with Crippen LogP contribution in [0.25, 0.3) is 10.9 Å². The highest BCUT2D eigenvalue weighted by atomic mass is 16.5. The molecule has 2 aromatic rings. The molecule has 0 amide bonds. The second-order valence-corrected chi connectivity index (χ2v) is 4.61. The molecular weight excluding hydrogens is 268 g/mol. The van der Waals surface area contributed by atoms with Gasteiger partial charge in [-0.3, -0.25) is 9.36 Å². The van der Waals surface area contributed by atoms with Gasteiger partial charge in [-0.25, -0.2) is 4.98 Å². The molecule has 106 valence electrons. The van der Waals surface area contributed by atoms with E-state index in [1.807, 2.05) is 6.07 Å². The molecule has 6 heteroatoms. The lowest BCUT2D eigenvalue weighted by atomic mass is 10.1. The smallest absolute Gasteiger partial charge is 0.261 e. The number of ether oxygens (including phenoxy) is 1. The van der Waals surface area contributed by atoms with Gasteiger partial charge in [-0.05, 0) is 18.6 Å². The van der Waals surface area contributed by atoms with Gasteiger partial charge >= 0.3 is 0 Å². The Kier molecular flexibility index (Phi) is 4.53. The van der Waals surface area contributed by atoms with Crippen molar-refractivity contribution in [1.29, 1.82) is 10.5 Å². The second-order valence-electron chi connectivity index (χ2n) is 4.61. The van der Waals surface area contributed by atoms with Crippen molar-refractivity contribution in [2.75, 3.05) is 7.11 Å².